The first kappa shape index (κ1) is 33.8. The highest BCUT2D eigenvalue weighted by Crippen LogP contribution is 2.29. The summed E-state index contributed by atoms with van der Waals surface area (Å²) in [7, 11) is 0. The molecule has 0 saturated carbocycles. The summed E-state index contributed by atoms with van der Waals surface area (Å²) in [5.74, 6) is -1.74. The van der Waals surface area contributed by atoms with E-state index in [0.717, 1.165) is 22.3 Å². The maximum atomic E-state index is 14.6. The smallest absolute Gasteiger partial charge is 0.252 e. The molecule has 14 heteroatoms. The van der Waals surface area contributed by atoms with Crippen molar-refractivity contribution >= 4 is 23.7 Å². The lowest BCUT2D eigenvalue weighted by Gasteiger charge is -2.33. The Bertz CT molecular complexity index is 1710. The topological polar surface area (TPSA) is 215 Å². The van der Waals surface area contributed by atoms with Crippen LogP contribution in [0.3, 0.4) is 0 Å². The van der Waals surface area contributed by atoms with Gasteiger partial charge in [0.1, 0.15) is 6.04 Å². The number of carbonyl (C=O) groups is 2. The molecular formula is C33H37N9O5. The summed E-state index contributed by atoms with van der Waals surface area (Å²) in [5.41, 5.74) is 16.7. The van der Waals surface area contributed by atoms with Crippen molar-refractivity contribution in [1.29, 1.82) is 0 Å². The summed E-state index contributed by atoms with van der Waals surface area (Å²) < 4.78 is 0. The van der Waals surface area contributed by atoms with Crippen LogP contribution in [-0.4, -0.2) is 50.3 Å². The predicted octanol–water partition coefficient (Wildman–Crippen LogP) is 2.58. The molecule has 14 nitrogen and oxygen atoms in total. The summed E-state index contributed by atoms with van der Waals surface area (Å²) in [5, 5.41) is 12.9. The zero-order valence-corrected chi connectivity index (χ0v) is 25.8. The Hall–Kier alpha value is -6.05. The molecule has 4 rings (SSSR count). The third-order valence-corrected chi connectivity index (χ3v) is 7.33. The maximum absolute atomic E-state index is 14.6. The Morgan fingerprint density at radius 2 is 1.57 bits per heavy atom. The highest BCUT2D eigenvalue weighted by Gasteiger charge is 2.34. The van der Waals surface area contributed by atoms with E-state index >= 15 is 0 Å². The first-order chi connectivity index (χ1) is 22.6. The number of nitro groups is 1. The third-order valence-electron chi connectivity index (χ3n) is 7.33. The van der Waals surface area contributed by atoms with Gasteiger partial charge < -0.3 is 21.7 Å². The van der Waals surface area contributed by atoms with Gasteiger partial charge in [0.15, 0.2) is 5.03 Å². The lowest BCUT2D eigenvalue weighted by atomic mass is 9.89. The number of H-pyrrole nitrogens is 1. The van der Waals surface area contributed by atoms with Gasteiger partial charge >= 0.3 is 0 Å². The molecule has 0 saturated heterocycles. The van der Waals surface area contributed by atoms with E-state index in [1.165, 1.54) is 11.0 Å². The van der Waals surface area contributed by atoms with Crippen LogP contribution in [-0.2, 0) is 22.7 Å². The van der Waals surface area contributed by atoms with E-state index in [2.05, 4.69) is 20.3 Å². The number of guanidine groups is 1. The van der Waals surface area contributed by atoms with Crippen molar-refractivity contribution in [2.45, 2.75) is 44.8 Å². The number of aromatic amines is 1. The zero-order valence-electron chi connectivity index (χ0n) is 25.8. The van der Waals surface area contributed by atoms with E-state index in [9.17, 15) is 24.5 Å². The van der Waals surface area contributed by atoms with Gasteiger partial charge in [-0.2, -0.15) is 0 Å². The molecule has 244 valence electrons. The van der Waals surface area contributed by atoms with Crippen LogP contribution in [0.5, 0.6) is 0 Å². The number of aliphatic imine (C=N–C) groups is 1. The van der Waals surface area contributed by atoms with E-state index in [-0.39, 0.29) is 43.4 Å². The van der Waals surface area contributed by atoms with Gasteiger partial charge in [-0.15, -0.1) is 0 Å². The molecule has 2 amide bonds. The van der Waals surface area contributed by atoms with Gasteiger partial charge in [0, 0.05) is 31.4 Å². The lowest BCUT2D eigenvalue weighted by molar-refractivity contribution is -0.525. The average molecular weight is 640 g/mol. The van der Waals surface area contributed by atoms with Crippen molar-refractivity contribution in [2.24, 2.45) is 16.5 Å². The molecule has 0 aliphatic heterocycles. The number of nitrogens with zero attached hydrogens (tertiary/aromatic N) is 4. The van der Waals surface area contributed by atoms with Crippen LogP contribution in [0.25, 0.3) is 0 Å². The van der Waals surface area contributed by atoms with Gasteiger partial charge in [0.25, 0.3) is 11.5 Å². The zero-order chi connectivity index (χ0) is 33.8. The van der Waals surface area contributed by atoms with Crippen LogP contribution in [0.4, 0.5) is 5.95 Å². The molecule has 1 atom stereocenters. The van der Waals surface area contributed by atoms with Crippen LogP contribution in [0.2, 0.25) is 0 Å². The molecule has 47 heavy (non-hydrogen) atoms. The highest BCUT2D eigenvalue weighted by molar-refractivity contribution is 5.92. The van der Waals surface area contributed by atoms with Gasteiger partial charge in [0.2, 0.25) is 17.8 Å². The van der Waals surface area contributed by atoms with E-state index in [1.807, 2.05) is 84.9 Å². The minimum absolute atomic E-state index is 0.0715. The normalized spacial score (nSPS) is 11.9. The van der Waals surface area contributed by atoms with Gasteiger partial charge in [-0.1, -0.05) is 90.4 Å². The number of nitrogens with two attached hydrogens (primary N) is 2. The Balaban J connectivity index is 1.61. The van der Waals surface area contributed by atoms with Crippen molar-refractivity contribution in [3.05, 3.63) is 139 Å². The molecular weight excluding hydrogens is 602 g/mol. The number of anilines is 1. The Kier molecular flexibility index (Phi) is 11.7. The molecule has 0 aliphatic rings. The van der Waals surface area contributed by atoms with Crippen LogP contribution in [0.1, 0.15) is 46.7 Å². The van der Waals surface area contributed by atoms with E-state index < -0.39 is 22.9 Å². The fraction of sp³-hybridized carbons (Fsp3) is 0.242. The summed E-state index contributed by atoms with van der Waals surface area (Å²) >= 11 is 0. The van der Waals surface area contributed by atoms with Crippen molar-refractivity contribution in [3.8, 4) is 0 Å². The molecule has 0 spiro atoms. The van der Waals surface area contributed by atoms with Crippen molar-refractivity contribution in [2.75, 3.05) is 11.9 Å². The van der Waals surface area contributed by atoms with Crippen LogP contribution in [0, 0.1) is 17.0 Å². The van der Waals surface area contributed by atoms with Crippen LogP contribution in [0.15, 0.2) is 101 Å². The summed E-state index contributed by atoms with van der Waals surface area (Å²) in [4.78, 5) is 62.3. The molecule has 7 N–H and O–H groups in total. The Labute approximate surface area is 271 Å². The number of rotatable bonds is 15. The number of primary amides is 1. The maximum Gasteiger partial charge on any atom is 0.252 e. The monoisotopic (exact) mass is 639 g/mol. The quantitative estimate of drug-likeness (QED) is 0.0424. The second-order valence-electron chi connectivity index (χ2n) is 10.8. The number of amides is 2. The second-order valence-corrected chi connectivity index (χ2v) is 10.8. The van der Waals surface area contributed by atoms with E-state index in [4.69, 9.17) is 11.5 Å². The van der Waals surface area contributed by atoms with Crippen molar-refractivity contribution < 1.29 is 14.6 Å². The molecule has 1 heterocycles. The SMILES string of the molecule is Cc1cc(=O)[nH]c(NCc2ccc(CN(C(=O)C(c3ccccc3)c3ccccc3)[C@H](CCCN=C(N)N[N+](=O)[O-])C(N)=O)cc2)n1. The summed E-state index contributed by atoms with van der Waals surface area (Å²) in [6, 6.07) is 26.5. The fourth-order valence-electron chi connectivity index (χ4n) is 5.15. The number of nitrogens with one attached hydrogen (secondary N) is 3. The molecule has 3 aromatic carbocycles. The molecule has 4 aromatic rings. The number of hydrazine groups is 1. The number of hydrogen-bond donors (Lipinski definition) is 5. The minimum atomic E-state index is -1.01. The highest BCUT2D eigenvalue weighted by atomic mass is 16.7. The number of benzene rings is 3. The third kappa shape index (κ3) is 9.97. The molecule has 0 unspecified atom stereocenters. The van der Waals surface area contributed by atoms with Gasteiger partial charge in [-0.05, 0) is 42.0 Å². The van der Waals surface area contributed by atoms with Crippen molar-refractivity contribution in [1.82, 2.24) is 20.3 Å². The molecule has 1 aromatic heterocycles. The van der Waals surface area contributed by atoms with Gasteiger partial charge in [-0.3, -0.25) is 19.4 Å². The summed E-state index contributed by atoms with van der Waals surface area (Å²) in [6.45, 7) is 2.27. The second kappa shape index (κ2) is 16.3. The first-order valence-corrected chi connectivity index (χ1v) is 14.9. The molecule has 0 radical (unpaired) electrons. The van der Waals surface area contributed by atoms with Crippen molar-refractivity contribution in [3.63, 3.8) is 0 Å². The Morgan fingerprint density at radius 3 is 2.13 bits per heavy atom. The number of aromatic nitrogens is 2. The molecule has 0 bridgehead atoms. The molecule has 0 fully saturated rings. The minimum Gasteiger partial charge on any atom is -0.368 e. The van der Waals surface area contributed by atoms with Crippen LogP contribution >= 0.6 is 0 Å². The van der Waals surface area contributed by atoms with E-state index in [1.54, 1.807) is 12.3 Å². The summed E-state index contributed by atoms with van der Waals surface area (Å²) in [6.07, 6.45) is 0.425. The van der Waals surface area contributed by atoms with E-state index in [0.29, 0.717) is 18.2 Å². The standard InChI is InChI=1S/C33H37N9O5/c1-22-19-28(43)39-33(38-22)37-20-23-14-16-24(17-15-23)21-41(27(30(34)44)13-8-18-36-32(35)40-42(46)47)31(45)29(25-9-4-2-5-10-25)26-11-6-3-7-12-26/h2-7,9-12,14-17,19,27,29H,8,13,18,20-21H2,1H3,(H2,34,44)(H3,35,36,40)(H2,37,38,39,43)/t27-/m1/s1. The fourth-order valence-corrected chi connectivity index (χ4v) is 5.15. The largest absolute Gasteiger partial charge is 0.368 e. The first-order valence-electron chi connectivity index (χ1n) is 14.9. The average Bonchev–Trinajstić information content (AvgIpc) is 3.04. The number of aryl methyl sites for hydroxylation is 1. The molecule has 0 aliphatic carbocycles. The Morgan fingerprint density at radius 1 is 0.979 bits per heavy atom. The predicted molar refractivity (Wildman–Crippen MR) is 177 cm³/mol. The number of carbonyl (C=O) groups excluding carboxylic acids is 2. The lowest BCUT2D eigenvalue weighted by Crippen LogP contribution is -2.49. The van der Waals surface area contributed by atoms with Crippen LogP contribution < -0.4 is 27.8 Å². The number of hydrogen-bond acceptors (Lipinski definition) is 8. The van der Waals surface area contributed by atoms with Gasteiger partial charge in [0.05, 0.1) is 5.92 Å². The van der Waals surface area contributed by atoms with Gasteiger partial charge in [-0.25, -0.2) is 20.1 Å².